The van der Waals surface area contributed by atoms with Crippen LogP contribution < -0.4 is 0 Å². The van der Waals surface area contributed by atoms with Gasteiger partial charge >= 0.3 is 35.6 Å². The van der Waals surface area contributed by atoms with Crippen molar-refractivity contribution in [2.24, 2.45) is 0 Å². The van der Waals surface area contributed by atoms with Crippen molar-refractivity contribution in [1.29, 1.82) is 0 Å². The van der Waals surface area contributed by atoms with Crippen molar-refractivity contribution < 1.29 is 17.0 Å². The minimum absolute atomic E-state index is 0.553. The van der Waals surface area contributed by atoms with Gasteiger partial charge in [-0.15, -0.1) is 12.1 Å². The molecule has 182 valence electrons. The molecule has 0 amide bonds. The van der Waals surface area contributed by atoms with Crippen LogP contribution in [-0.4, -0.2) is 40.3 Å². The van der Waals surface area contributed by atoms with Gasteiger partial charge in [0.05, 0.1) is 0 Å². The predicted molar refractivity (Wildman–Crippen MR) is 143 cm³/mol. The average molecular weight is 540 g/mol. The third kappa shape index (κ3) is 10.0. The van der Waals surface area contributed by atoms with Crippen molar-refractivity contribution in [3.05, 3.63) is 10.6 Å². The maximum absolute atomic E-state index is 5.44. The SMILES string of the molecule is C[Si](C)(C)C1CCC([N-]C2CCCCC2[N-]C2CCC([Si](C)(C)C)CC2)CC1.[Cl][Ti][Cl]. The third-order valence-electron chi connectivity index (χ3n) is 8.34. The van der Waals surface area contributed by atoms with E-state index in [1.54, 1.807) is 0 Å². The van der Waals surface area contributed by atoms with E-state index in [1.165, 1.54) is 77.0 Å². The van der Waals surface area contributed by atoms with Gasteiger partial charge in [-0.25, -0.2) is 0 Å². The molecule has 0 N–H and O–H groups in total. The van der Waals surface area contributed by atoms with Gasteiger partial charge in [0.15, 0.2) is 0 Å². The van der Waals surface area contributed by atoms with E-state index in [0.29, 0.717) is 24.2 Å². The Balaban J connectivity index is 0.00000107. The van der Waals surface area contributed by atoms with Crippen molar-refractivity contribution in [3.8, 4) is 0 Å². The summed E-state index contributed by atoms with van der Waals surface area (Å²) in [6.45, 7) is 15.3. The first-order valence-corrected chi connectivity index (χ1v) is 24.4. The summed E-state index contributed by atoms with van der Waals surface area (Å²) < 4.78 is 0. The Morgan fingerprint density at radius 2 is 0.839 bits per heavy atom. The molecule has 31 heavy (non-hydrogen) atoms. The van der Waals surface area contributed by atoms with Crippen LogP contribution in [0.1, 0.15) is 77.0 Å². The van der Waals surface area contributed by atoms with Gasteiger partial charge in [0.2, 0.25) is 0 Å². The second-order valence-electron chi connectivity index (χ2n) is 12.5. The Morgan fingerprint density at radius 3 is 1.10 bits per heavy atom. The molecule has 3 rings (SSSR count). The molecule has 0 radical (unpaired) electrons. The van der Waals surface area contributed by atoms with Gasteiger partial charge in [-0.2, -0.15) is 12.1 Å². The van der Waals surface area contributed by atoms with Gasteiger partial charge in [-0.1, -0.05) is 116 Å². The Labute approximate surface area is 212 Å². The summed E-state index contributed by atoms with van der Waals surface area (Å²) >= 11 is -0.556. The molecule has 3 aliphatic rings. The molecular weight excluding hydrogens is 491 g/mol. The summed E-state index contributed by atoms with van der Waals surface area (Å²) in [5.41, 5.74) is 2.07. The van der Waals surface area contributed by atoms with Gasteiger partial charge < -0.3 is 10.6 Å². The van der Waals surface area contributed by atoms with Gasteiger partial charge in [-0.3, -0.25) is 0 Å². The molecule has 7 heteroatoms. The summed E-state index contributed by atoms with van der Waals surface area (Å²) in [7, 11) is 7.86. The molecule has 0 aromatic rings. The van der Waals surface area contributed by atoms with E-state index < -0.39 is 33.2 Å². The van der Waals surface area contributed by atoms with Crippen LogP contribution in [0.25, 0.3) is 10.6 Å². The molecule has 0 spiro atoms. The number of hydrogen-bond acceptors (Lipinski definition) is 0. The van der Waals surface area contributed by atoms with Gasteiger partial charge in [0, 0.05) is 16.1 Å². The molecule has 2 atom stereocenters. The van der Waals surface area contributed by atoms with Crippen LogP contribution >= 0.6 is 18.6 Å². The van der Waals surface area contributed by atoms with Crippen molar-refractivity contribution in [2.45, 2.75) is 152 Å². The molecule has 3 fully saturated rings. The van der Waals surface area contributed by atoms with Crippen LogP contribution in [0.4, 0.5) is 0 Å². The Hall–Kier alpha value is 1.65. The molecule has 2 unspecified atom stereocenters. The summed E-state index contributed by atoms with van der Waals surface area (Å²) in [6, 6.07) is 2.40. The molecule has 3 saturated carbocycles. The van der Waals surface area contributed by atoms with Crippen molar-refractivity contribution in [3.63, 3.8) is 0 Å². The van der Waals surface area contributed by atoms with E-state index in [2.05, 4.69) is 39.3 Å². The average Bonchev–Trinajstić information content (AvgIpc) is 2.70. The van der Waals surface area contributed by atoms with Crippen LogP contribution in [0, 0.1) is 0 Å². The summed E-state index contributed by atoms with van der Waals surface area (Å²) in [5, 5.41) is 10.9. The maximum atomic E-state index is 5.44. The first-order chi connectivity index (χ1) is 14.5. The van der Waals surface area contributed by atoms with E-state index in [1.807, 2.05) is 0 Å². The first kappa shape index (κ1) is 28.9. The molecule has 0 aromatic heterocycles. The fraction of sp³-hybridized carbons (Fsp3) is 1.00. The number of nitrogens with zero attached hydrogens (tertiary/aromatic N) is 2. The summed E-state index contributed by atoms with van der Waals surface area (Å²) in [6.07, 6.45) is 16.6. The normalized spacial score (nSPS) is 35.1. The van der Waals surface area contributed by atoms with Crippen LogP contribution in [0.15, 0.2) is 0 Å². The topological polar surface area (TPSA) is 28.2 Å². The van der Waals surface area contributed by atoms with Gasteiger partial charge in [0.1, 0.15) is 0 Å². The molecule has 0 heterocycles. The van der Waals surface area contributed by atoms with E-state index >= 15 is 0 Å². The zero-order valence-corrected chi connectivity index (χ0v) is 26.2. The van der Waals surface area contributed by atoms with Gasteiger partial charge in [0.25, 0.3) is 0 Å². The third-order valence-corrected chi connectivity index (χ3v) is 14.4. The predicted octanol–water partition coefficient (Wildman–Crippen LogP) is 9.72. The second kappa shape index (κ2) is 13.7. The molecule has 0 aromatic carbocycles. The number of rotatable bonds is 6. The Kier molecular flexibility index (Phi) is 12.7. The van der Waals surface area contributed by atoms with Crippen molar-refractivity contribution in [1.82, 2.24) is 0 Å². The van der Waals surface area contributed by atoms with E-state index in [0.717, 1.165) is 11.1 Å². The zero-order chi connectivity index (χ0) is 23.1. The van der Waals surface area contributed by atoms with E-state index in [4.69, 9.17) is 29.2 Å². The number of halogens is 2. The quantitative estimate of drug-likeness (QED) is 0.301. The zero-order valence-electron chi connectivity index (χ0n) is 21.1. The van der Waals surface area contributed by atoms with Crippen molar-refractivity contribution >= 4 is 34.8 Å². The summed E-state index contributed by atoms with van der Waals surface area (Å²) in [4.78, 5) is 0. The molecule has 0 saturated heterocycles. The Bertz CT molecular complexity index is 453. The first-order valence-electron chi connectivity index (χ1n) is 12.9. The monoisotopic (exact) mass is 538 g/mol. The van der Waals surface area contributed by atoms with Crippen LogP contribution in [0.3, 0.4) is 0 Å². The molecule has 0 aliphatic heterocycles. The Morgan fingerprint density at radius 1 is 0.548 bits per heavy atom. The molecular formula is C24H48Cl2N2Si2Ti-2. The van der Waals surface area contributed by atoms with Crippen LogP contribution in [-0.2, 0) is 17.0 Å². The number of hydrogen-bond donors (Lipinski definition) is 0. The fourth-order valence-corrected chi connectivity index (χ4v) is 10.3. The molecule has 3 aliphatic carbocycles. The van der Waals surface area contributed by atoms with E-state index in [9.17, 15) is 0 Å². The molecule has 2 nitrogen and oxygen atoms in total. The van der Waals surface area contributed by atoms with Crippen molar-refractivity contribution in [2.75, 3.05) is 0 Å². The fourth-order valence-electron chi connectivity index (χ4n) is 6.16. The van der Waals surface area contributed by atoms with E-state index in [-0.39, 0.29) is 0 Å². The van der Waals surface area contributed by atoms with Gasteiger partial charge in [-0.05, 0) is 11.1 Å². The van der Waals surface area contributed by atoms with Crippen LogP contribution in [0.2, 0.25) is 50.4 Å². The minimum atomic E-state index is -0.958. The summed E-state index contributed by atoms with van der Waals surface area (Å²) in [5.74, 6) is 0. The molecule has 0 bridgehead atoms. The standard InChI is InChI=1S/C24H48N2Si2.2ClH.Ti/c1-27(2,3)21-15-11-19(12-16-21)25-23-9-7-8-10-24(23)26-20-13-17-22(18-14-20)28(4,5)6;;;/h19-24H,7-18H2,1-6H3;2*1H;/q-2;;;+2/p-2. The second-order valence-corrected chi connectivity index (χ2v) is 26.2. The van der Waals surface area contributed by atoms with Crippen LogP contribution in [0.5, 0.6) is 0 Å².